The van der Waals surface area contributed by atoms with E-state index in [2.05, 4.69) is 4.98 Å². The minimum atomic E-state index is -0.541. The predicted octanol–water partition coefficient (Wildman–Crippen LogP) is 2.46. The molecule has 0 spiro atoms. The van der Waals surface area contributed by atoms with Crippen LogP contribution in [0.1, 0.15) is 32.8 Å². The van der Waals surface area contributed by atoms with Gasteiger partial charge in [0, 0.05) is 37.2 Å². The molecule has 0 bridgehead atoms. The molecule has 6 nitrogen and oxygen atoms in total. The van der Waals surface area contributed by atoms with Gasteiger partial charge >= 0.3 is 6.09 Å². The lowest BCUT2D eigenvalue weighted by Crippen LogP contribution is -2.46. The average molecular weight is 320 g/mol. The fourth-order valence-electron chi connectivity index (χ4n) is 2.61. The van der Waals surface area contributed by atoms with Crippen molar-refractivity contribution in [1.82, 2.24) is 9.88 Å². The van der Waals surface area contributed by atoms with Crippen molar-refractivity contribution in [2.45, 2.75) is 39.2 Å². The molecule has 1 atom stereocenters. The van der Waals surface area contributed by atoms with Crippen LogP contribution in [0.3, 0.4) is 0 Å². The summed E-state index contributed by atoms with van der Waals surface area (Å²) in [4.78, 5) is 30.2. The standard InChI is InChI=1S/C17H24N2O4/c1-17(2,3)23-16(21)19-9-7-14(20)13(11-19)10-12-6-5-8-18-15(12)22-4/h5-6,8,13H,7,9-11H2,1-4H3. The van der Waals surface area contributed by atoms with Crippen LogP contribution in [0.25, 0.3) is 0 Å². The van der Waals surface area contributed by atoms with Crippen LogP contribution in [0.2, 0.25) is 0 Å². The zero-order valence-corrected chi connectivity index (χ0v) is 14.2. The first-order valence-corrected chi connectivity index (χ1v) is 7.78. The number of hydrogen-bond acceptors (Lipinski definition) is 5. The SMILES string of the molecule is COc1ncccc1CC1CN(C(=O)OC(C)(C)C)CCC1=O. The van der Waals surface area contributed by atoms with Gasteiger partial charge in [-0.15, -0.1) is 0 Å². The van der Waals surface area contributed by atoms with E-state index in [-0.39, 0.29) is 17.8 Å². The molecule has 2 rings (SSSR count). The number of Topliss-reactive ketones (excluding diaryl/α,β-unsaturated/α-hetero) is 1. The Kier molecular flexibility index (Phi) is 5.23. The van der Waals surface area contributed by atoms with Crippen molar-refractivity contribution in [2.75, 3.05) is 20.2 Å². The summed E-state index contributed by atoms with van der Waals surface area (Å²) < 4.78 is 10.6. The van der Waals surface area contributed by atoms with E-state index in [1.807, 2.05) is 32.9 Å². The number of ketones is 1. The lowest BCUT2D eigenvalue weighted by atomic mass is 9.90. The molecule has 1 aromatic heterocycles. The van der Waals surface area contributed by atoms with Gasteiger partial charge in [0.05, 0.1) is 7.11 Å². The van der Waals surface area contributed by atoms with Gasteiger partial charge in [0.2, 0.25) is 5.88 Å². The normalized spacial score (nSPS) is 18.7. The van der Waals surface area contributed by atoms with Crippen molar-refractivity contribution in [3.63, 3.8) is 0 Å². The number of rotatable bonds is 3. The van der Waals surface area contributed by atoms with E-state index in [1.54, 1.807) is 18.2 Å². The highest BCUT2D eigenvalue weighted by Crippen LogP contribution is 2.23. The third kappa shape index (κ3) is 4.68. The minimum absolute atomic E-state index is 0.163. The maximum Gasteiger partial charge on any atom is 0.410 e. The first kappa shape index (κ1) is 17.2. The van der Waals surface area contributed by atoms with Crippen molar-refractivity contribution in [3.8, 4) is 5.88 Å². The summed E-state index contributed by atoms with van der Waals surface area (Å²) in [5.41, 5.74) is 0.333. The Morgan fingerprint density at radius 3 is 2.83 bits per heavy atom. The highest BCUT2D eigenvalue weighted by atomic mass is 16.6. The largest absolute Gasteiger partial charge is 0.481 e. The quantitative estimate of drug-likeness (QED) is 0.855. The van der Waals surface area contributed by atoms with Crippen molar-refractivity contribution in [2.24, 2.45) is 5.92 Å². The molecule has 0 N–H and O–H groups in total. The van der Waals surface area contributed by atoms with E-state index < -0.39 is 5.60 Å². The van der Waals surface area contributed by atoms with Crippen LogP contribution in [-0.4, -0.2) is 47.6 Å². The number of piperidine rings is 1. The number of pyridine rings is 1. The molecule has 1 aromatic rings. The summed E-state index contributed by atoms with van der Waals surface area (Å²) >= 11 is 0. The Morgan fingerprint density at radius 2 is 2.17 bits per heavy atom. The molecule has 1 unspecified atom stereocenters. The van der Waals surface area contributed by atoms with Gasteiger partial charge < -0.3 is 14.4 Å². The summed E-state index contributed by atoms with van der Waals surface area (Å²) in [5, 5.41) is 0. The van der Waals surface area contributed by atoms with Gasteiger partial charge in [-0.3, -0.25) is 4.79 Å². The van der Waals surface area contributed by atoms with Crippen molar-refractivity contribution < 1.29 is 19.1 Å². The number of carbonyl (C=O) groups is 2. The van der Waals surface area contributed by atoms with Gasteiger partial charge in [-0.05, 0) is 33.3 Å². The molecule has 0 aliphatic carbocycles. The van der Waals surface area contributed by atoms with Gasteiger partial charge in [0.15, 0.2) is 0 Å². The Labute approximate surface area is 136 Å². The second kappa shape index (κ2) is 6.98. The van der Waals surface area contributed by atoms with Gasteiger partial charge in [-0.2, -0.15) is 0 Å². The van der Waals surface area contributed by atoms with Crippen LogP contribution in [0.5, 0.6) is 5.88 Å². The number of amides is 1. The highest BCUT2D eigenvalue weighted by molar-refractivity contribution is 5.84. The fraction of sp³-hybridized carbons (Fsp3) is 0.588. The molecule has 0 aromatic carbocycles. The molecule has 1 aliphatic rings. The molecule has 1 aliphatic heterocycles. The maximum atomic E-state index is 12.2. The number of ether oxygens (including phenoxy) is 2. The van der Waals surface area contributed by atoms with E-state index in [0.29, 0.717) is 31.8 Å². The van der Waals surface area contributed by atoms with Crippen LogP contribution in [0, 0.1) is 5.92 Å². The Morgan fingerprint density at radius 1 is 1.43 bits per heavy atom. The van der Waals surface area contributed by atoms with E-state index in [4.69, 9.17) is 9.47 Å². The molecule has 1 amide bonds. The first-order valence-electron chi connectivity index (χ1n) is 7.78. The summed E-state index contributed by atoms with van der Waals surface area (Å²) in [6.45, 7) is 6.27. The second-order valence-electron chi connectivity index (χ2n) is 6.72. The lowest BCUT2D eigenvalue weighted by molar-refractivity contribution is -0.125. The Bertz CT molecular complexity index is 580. The van der Waals surface area contributed by atoms with Crippen LogP contribution in [-0.2, 0) is 16.0 Å². The third-order valence-electron chi connectivity index (χ3n) is 3.69. The van der Waals surface area contributed by atoms with Gasteiger partial charge in [0.25, 0.3) is 0 Å². The van der Waals surface area contributed by atoms with Crippen molar-refractivity contribution in [1.29, 1.82) is 0 Å². The monoisotopic (exact) mass is 320 g/mol. The molecule has 23 heavy (non-hydrogen) atoms. The number of aromatic nitrogens is 1. The molecular formula is C17H24N2O4. The number of nitrogens with zero attached hydrogens (tertiary/aromatic N) is 2. The Hall–Kier alpha value is -2.11. The zero-order chi connectivity index (χ0) is 17.0. The lowest BCUT2D eigenvalue weighted by Gasteiger charge is -2.33. The minimum Gasteiger partial charge on any atom is -0.481 e. The topological polar surface area (TPSA) is 68.7 Å². The molecule has 126 valence electrons. The molecule has 6 heteroatoms. The predicted molar refractivity (Wildman–Crippen MR) is 85.4 cm³/mol. The highest BCUT2D eigenvalue weighted by Gasteiger charge is 2.32. The van der Waals surface area contributed by atoms with Crippen molar-refractivity contribution in [3.05, 3.63) is 23.9 Å². The van der Waals surface area contributed by atoms with Gasteiger partial charge in [0.1, 0.15) is 11.4 Å². The van der Waals surface area contributed by atoms with E-state index in [1.165, 1.54) is 0 Å². The molecular weight excluding hydrogens is 296 g/mol. The van der Waals surface area contributed by atoms with Crippen LogP contribution in [0.15, 0.2) is 18.3 Å². The summed E-state index contributed by atoms with van der Waals surface area (Å²) in [7, 11) is 1.56. The number of likely N-dealkylation sites (tertiary alicyclic amines) is 1. The van der Waals surface area contributed by atoms with Crippen LogP contribution < -0.4 is 4.74 Å². The summed E-state index contributed by atoms with van der Waals surface area (Å²) in [6, 6.07) is 3.71. The number of carbonyl (C=O) groups excluding carboxylic acids is 2. The molecule has 2 heterocycles. The average Bonchev–Trinajstić information content (AvgIpc) is 2.48. The smallest absolute Gasteiger partial charge is 0.410 e. The Balaban J connectivity index is 2.06. The third-order valence-corrected chi connectivity index (χ3v) is 3.69. The zero-order valence-electron chi connectivity index (χ0n) is 14.2. The second-order valence-corrected chi connectivity index (χ2v) is 6.72. The van der Waals surface area contributed by atoms with Crippen LogP contribution >= 0.6 is 0 Å². The fourth-order valence-corrected chi connectivity index (χ4v) is 2.61. The van der Waals surface area contributed by atoms with E-state index in [0.717, 1.165) is 5.56 Å². The van der Waals surface area contributed by atoms with Crippen LogP contribution in [0.4, 0.5) is 4.79 Å². The van der Waals surface area contributed by atoms with E-state index in [9.17, 15) is 9.59 Å². The molecule has 1 fully saturated rings. The van der Waals surface area contributed by atoms with Gasteiger partial charge in [-0.1, -0.05) is 6.07 Å². The number of methoxy groups -OCH3 is 1. The van der Waals surface area contributed by atoms with Crippen molar-refractivity contribution >= 4 is 11.9 Å². The molecule has 0 radical (unpaired) electrons. The molecule has 1 saturated heterocycles. The van der Waals surface area contributed by atoms with Gasteiger partial charge in [-0.25, -0.2) is 9.78 Å². The summed E-state index contributed by atoms with van der Waals surface area (Å²) in [6.07, 6.45) is 2.15. The van der Waals surface area contributed by atoms with E-state index >= 15 is 0 Å². The maximum absolute atomic E-state index is 12.2. The number of hydrogen-bond donors (Lipinski definition) is 0. The molecule has 0 saturated carbocycles. The summed E-state index contributed by atoms with van der Waals surface area (Å²) in [5.74, 6) is 0.430. The first-order chi connectivity index (χ1) is 10.8.